The third kappa shape index (κ3) is 5.07. The quantitative estimate of drug-likeness (QED) is 0.811. The molecular weight excluding hydrogens is 340 g/mol. The van der Waals surface area contributed by atoms with Crippen LogP contribution in [0.25, 0.3) is 0 Å². The number of nitrogens with zero attached hydrogens (tertiary/aromatic N) is 4. The maximum absolute atomic E-state index is 5.46. The van der Waals surface area contributed by atoms with Crippen molar-refractivity contribution in [2.45, 2.75) is 44.7 Å². The molecule has 27 heavy (non-hydrogen) atoms. The van der Waals surface area contributed by atoms with Gasteiger partial charge in [-0.15, -0.1) is 0 Å². The van der Waals surface area contributed by atoms with E-state index in [0.717, 1.165) is 19.0 Å². The van der Waals surface area contributed by atoms with Gasteiger partial charge in [0.15, 0.2) is 0 Å². The molecule has 1 aromatic carbocycles. The highest BCUT2D eigenvalue weighted by Crippen LogP contribution is 2.22. The van der Waals surface area contributed by atoms with Gasteiger partial charge in [0, 0.05) is 25.7 Å². The first-order valence-electron chi connectivity index (χ1n) is 10.00. The van der Waals surface area contributed by atoms with E-state index in [1.54, 1.807) is 0 Å². The van der Waals surface area contributed by atoms with E-state index in [0.29, 0.717) is 37.7 Å². The smallest absolute Gasteiger partial charge is 0.232 e. The van der Waals surface area contributed by atoms with Gasteiger partial charge >= 0.3 is 0 Å². The van der Waals surface area contributed by atoms with E-state index < -0.39 is 0 Å². The zero-order valence-electron chi connectivity index (χ0n) is 15.7. The highest BCUT2D eigenvalue weighted by molar-refractivity contribution is 5.45. The SMILES string of the molecule is c1ccc(CNc2nc(NC3CCCCC3)nc(N3CCOCC3)n2)cc1. The van der Waals surface area contributed by atoms with Crippen molar-refractivity contribution in [1.29, 1.82) is 0 Å². The van der Waals surface area contributed by atoms with E-state index in [4.69, 9.17) is 9.72 Å². The molecule has 0 bridgehead atoms. The summed E-state index contributed by atoms with van der Waals surface area (Å²) in [4.78, 5) is 16.2. The van der Waals surface area contributed by atoms with Crippen LogP contribution in [0.15, 0.2) is 30.3 Å². The lowest BCUT2D eigenvalue weighted by Gasteiger charge is -2.28. The van der Waals surface area contributed by atoms with E-state index in [1.807, 2.05) is 18.2 Å². The second-order valence-corrected chi connectivity index (χ2v) is 7.20. The Labute approximate surface area is 160 Å². The van der Waals surface area contributed by atoms with Crippen LogP contribution in [-0.4, -0.2) is 47.3 Å². The molecular formula is C20H28N6O. The number of hydrogen-bond acceptors (Lipinski definition) is 7. The molecule has 1 aliphatic carbocycles. The van der Waals surface area contributed by atoms with Crippen molar-refractivity contribution in [2.24, 2.45) is 0 Å². The average Bonchev–Trinajstić information content (AvgIpc) is 2.74. The largest absolute Gasteiger partial charge is 0.378 e. The molecule has 2 fully saturated rings. The van der Waals surface area contributed by atoms with Crippen LogP contribution in [0.1, 0.15) is 37.7 Å². The van der Waals surface area contributed by atoms with Crippen LogP contribution in [0.5, 0.6) is 0 Å². The molecule has 2 heterocycles. The van der Waals surface area contributed by atoms with Gasteiger partial charge in [-0.2, -0.15) is 15.0 Å². The van der Waals surface area contributed by atoms with Crippen molar-refractivity contribution >= 4 is 17.8 Å². The van der Waals surface area contributed by atoms with Gasteiger partial charge in [0.05, 0.1) is 13.2 Å². The monoisotopic (exact) mass is 368 g/mol. The molecule has 1 saturated heterocycles. The predicted octanol–water partition coefficient (Wildman–Crippen LogP) is 3.06. The molecule has 1 saturated carbocycles. The number of hydrogen-bond donors (Lipinski definition) is 2. The fourth-order valence-corrected chi connectivity index (χ4v) is 3.62. The molecule has 1 aliphatic heterocycles. The summed E-state index contributed by atoms with van der Waals surface area (Å²) in [6.45, 7) is 3.74. The third-order valence-corrected chi connectivity index (χ3v) is 5.15. The Balaban J connectivity index is 1.51. The molecule has 2 aromatic rings. The second kappa shape index (κ2) is 8.99. The highest BCUT2D eigenvalue weighted by Gasteiger charge is 2.19. The van der Waals surface area contributed by atoms with E-state index in [1.165, 1.54) is 37.7 Å². The molecule has 2 N–H and O–H groups in total. The maximum Gasteiger partial charge on any atom is 0.232 e. The zero-order valence-corrected chi connectivity index (χ0v) is 15.7. The van der Waals surface area contributed by atoms with E-state index in [9.17, 15) is 0 Å². The minimum absolute atomic E-state index is 0.459. The molecule has 0 unspecified atom stereocenters. The Morgan fingerprint density at radius 1 is 0.926 bits per heavy atom. The maximum atomic E-state index is 5.46. The van der Waals surface area contributed by atoms with Crippen LogP contribution < -0.4 is 15.5 Å². The first kappa shape index (κ1) is 18.0. The minimum atomic E-state index is 0.459. The van der Waals surface area contributed by atoms with Gasteiger partial charge in [-0.1, -0.05) is 49.6 Å². The molecule has 0 amide bonds. The summed E-state index contributed by atoms with van der Waals surface area (Å²) >= 11 is 0. The van der Waals surface area contributed by atoms with Crippen molar-refractivity contribution in [3.63, 3.8) is 0 Å². The summed E-state index contributed by atoms with van der Waals surface area (Å²) in [7, 11) is 0. The molecule has 0 radical (unpaired) electrons. The lowest BCUT2D eigenvalue weighted by atomic mass is 9.96. The molecule has 0 spiro atoms. The number of aromatic nitrogens is 3. The van der Waals surface area contributed by atoms with E-state index >= 15 is 0 Å². The average molecular weight is 368 g/mol. The van der Waals surface area contributed by atoms with Crippen LogP contribution in [0.4, 0.5) is 17.8 Å². The Hall–Kier alpha value is -2.41. The summed E-state index contributed by atoms with van der Waals surface area (Å²) in [5.74, 6) is 2.02. The Bertz CT molecular complexity index is 714. The first-order chi connectivity index (χ1) is 13.4. The van der Waals surface area contributed by atoms with Crippen LogP contribution in [0, 0.1) is 0 Å². The van der Waals surface area contributed by atoms with Gasteiger partial charge < -0.3 is 20.3 Å². The fourth-order valence-electron chi connectivity index (χ4n) is 3.62. The molecule has 4 rings (SSSR count). The summed E-state index contributed by atoms with van der Waals surface area (Å²) in [5.41, 5.74) is 1.20. The fraction of sp³-hybridized carbons (Fsp3) is 0.550. The lowest BCUT2D eigenvalue weighted by molar-refractivity contribution is 0.122. The van der Waals surface area contributed by atoms with Crippen molar-refractivity contribution in [3.8, 4) is 0 Å². The summed E-state index contributed by atoms with van der Waals surface area (Å²) < 4.78 is 5.46. The van der Waals surface area contributed by atoms with E-state index in [2.05, 4.69) is 37.6 Å². The Morgan fingerprint density at radius 3 is 2.44 bits per heavy atom. The number of anilines is 3. The van der Waals surface area contributed by atoms with E-state index in [-0.39, 0.29) is 0 Å². The number of nitrogens with one attached hydrogen (secondary N) is 2. The van der Waals surface area contributed by atoms with Crippen LogP contribution in [-0.2, 0) is 11.3 Å². The normalized spacial score (nSPS) is 18.3. The van der Waals surface area contributed by atoms with Gasteiger partial charge in [0.25, 0.3) is 0 Å². The summed E-state index contributed by atoms with van der Waals surface area (Å²) in [6.07, 6.45) is 6.26. The topological polar surface area (TPSA) is 75.2 Å². The molecule has 7 nitrogen and oxygen atoms in total. The first-order valence-corrected chi connectivity index (χ1v) is 10.00. The number of benzene rings is 1. The molecule has 7 heteroatoms. The summed E-state index contributed by atoms with van der Waals surface area (Å²) in [6, 6.07) is 10.8. The predicted molar refractivity (Wildman–Crippen MR) is 107 cm³/mol. The van der Waals surface area contributed by atoms with Crippen molar-refractivity contribution < 1.29 is 4.74 Å². The van der Waals surface area contributed by atoms with Crippen molar-refractivity contribution in [1.82, 2.24) is 15.0 Å². The second-order valence-electron chi connectivity index (χ2n) is 7.20. The number of ether oxygens (including phenoxy) is 1. The van der Waals surface area contributed by atoms with Crippen molar-refractivity contribution in [2.75, 3.05) is 41.8 Å². The Kier molecular flexibility index (Phi) is 5.99. The van der Waals surface area contributed by atoms with Crippen LogP contribution in [0.2, 0.25) is 0 Å². The molecule has 144 valence electrons. The number of morpholine rings is 1. The van der Waals surface area contributed by atoms with Gasteiger partial charge in [0.2, 0.25) is 17.8 Å². The van der Waals surface area contributed by atoms with Crippen LogP contribution >= 0.6 is 0 Å². The van der Waals surface area contributed by atoms with Gasteiger partial charge in [-0.25, -0.2) is 0 Å². The third-order valence-electron chi connectivity index (χ3n) is 5.15. The molecule has 0 atom stereocenters. The Morgan fingerprint density at radius 2 is 1.67 bits per heavy atom. The standard InChI is InChI=1S/C20H28N6O/c1-3-7-16(8-4-1)15-21-18-23-19(22-17-9-5-2-6-10-17)25-20(24-18)26-11-13-27-14-12-26/h1,3-4,7-8,17H,2,5-6,9-15H2,(H2,21,22,23,24,25). The summed E-state index contributed by atoms with van der Waals surface area (Å²) in [5, 5.41) is 6.90. The van der Waals surface area contributed by atoms with Crippen LogP contribution in [0.3, 0.4) is 0 Å². The van der Waals surface area contributed by atoms with Gasteiger partial charge in [-0.05, 0) is 18.4 Å². The van der Waals surface area contributed by atoms with Gasteiger partial charge in [0.1, 0.15) is 0 Å². The number of rotatable bonds is 6. The van der Waals surface area contributed by atoms with Gasteiger partial charge in [-0.3, -0.25) is 0 Å². The lowest BCUT2D eigenvalue weighted by Crippen LogP contribution is -2.37. The molecule has 2 aliphatic rings. The van der Waals surface area contributed by atoms with Crippen molar-refractivity contribution in [3.05, 3.63) is 35.9 Å². The zero-order chi connectivity index (χ0) is 18.3. The minimum Gasteiger partial charge on any atom is -0.378 e. The molecule has 1 aromatic heterocycles. The highest BCUT2D eigenvalue weighted by atomic mass is 16.5.